The van der Waals surface area contributed by atoms with Crippen LogP contribution in [0, 0.1) is 5.41 Å². The molecule has 0 saturated heterocycles. The molecule has 0 amide bonds. The molecule has 0 saturated carbocycles. The van der Waals surface area contributed by atoms with Gasteiger partial charge in [-0.1, -0.05) is 0 Å². The molecule has 0 fully saturated rings. The van der Waals surface area contributed by atoms with Gasteiger partial charge in [-0.3, -0.25) is 0 Å². The maximum atomic E-state index is 6.97. The Kier molecular flexibility index (Phi) is 5.56. The molecule has 0 aliphatic heterocycles. The number of ether oxygens (including phenoxy) is 2. The van der Waals surface area contributed by atoms with Gasteiger partial charge in [0.2, 0.25) is 0 Å². The fraction of sp³-hybridized carbons (Fsp3) is 0.857. The van der Waals surface area contributed by atoms with Crippen molar-refractivity contribution in [1.82, 2.24) is 4.90 Å². The van der Waals surface area contributed by atoms with Gasteiger partial charge in [0.15, 0.2) is 0 Å². The fourth-order valence-corrected chi connectivity index (χ4v) is 0.605. The van der Waals surface area contributed by atoms with Crippen LogP contribution in [0.25, 0.3) is 0 Å². The summed E-state index contributed by atoms with van der Waals surface area (Å²) in [5, 5.41) is 6.97. The Morgan fingerprint density at radius 3 is 2.55 bits per heavy atom. The van der Waals surface area contributed by atoms with Gasteiger partial charge in [-0.25, -0.2) is 5.41 Å². The van der Waals surface area contributed by atoms with Gasteiger partial charge in [-0.2, -0.15) is 0 Å². The minimum atomic E-state index is -0.108. The summed E-state index contributed by atoms with van der Waals surface area (Å²) in [6.07, 6.45) is 0.808. The van der Waals surface area contributed by atoms with Crippen molar-refractivity contribution in [3.05, 3.63) is 0 Å². The summed E-state index contributed by atoms with van der Waals surface area (Å²) >= 11 is 0. The number of rotatable bonds is 4. The van der Waals surface area contributed by atoms with Crippen LogP contribution in [-0.2, 0) is 9.47 Å². The van der Waals surface area contributed by atoms with Gasteiger partial charge in [0.05, 0.1) is 13.7 Å². The van der Waals surface area contributed by atoms with Crippen molar-refractivity contribution < 1.29 is 9.47 Å². The first kappa shape index (κ1) is 10.2. The summed E-state index contributed by atoms with van der Waals surface area (Å²) in [6.45, 7) is 1.52. The molecule has 0 bridgehead atoms. The molecular formula is C7H16N2O2. The Hall–Kier alpha value is -0.770. The van der Waals surface area contributed by atoms with Crippen molar-refractivity contribution in [3.63, 3.8) is 0 Å². The lowest BCUT2D eigenvalue weighted by atomic mass is 10.4. The first-order chi connectivity index (χ1) is 5.16. The van der Waals surface area contributed by atoms with E-state index >= 15 is 0 Å². The first-order valence-corrected chi connectivity index (χ1v) is 3.57. The van der Waals surface area contributed by atoms with Gasteiger partial charge < -0.3 is 14.4 Å². The molecule has 0 radical (unpaired) electrons. The molecule has 0 aliphatic carbocycles. The van der Waals surface area contributed by atoms with Crippen molar-refractivity contribution in [2.75, 3.05) is 34.4 Å². The largest absolute Gasteiger partial charge is 0.454 e. The molecule has 0 aromatic heterocycles. The molecule has 4 heteroatoms. The molecule has 0 aliphatic rings. The van der Waals surface area contributed by atoms with Crippen LogP contribution >= 0.6 is 0 Å². The zero-order chi connectivity index (χ0) is 8.69. The maximum absolute atomic E-state index is 6.97. The van der Waals surface area contributed by atoms with Gasteiger partial charge >= 0.3 is 6.08 Å². The number of nitrogens with zero attached hydrogens (tertiary/aromatic N) is 1. The van der Waals surface area contributed by atoms with E-state index in [0.29, 0.717) is 6.61 Å². The van der Waals surface area contributed by atoms with Crippen molar-refractivity contribution in [2.24, 2.45) is 0 Å². The van der Waals surface area contributed by atoms with Crippen molar-refractivity contribution in [2.45, 2.75) is 6.42 Å². The molecule has 1 N–H and O–H groups in total. The molecule has 11 heavy (non-hydrogen) atoms. The average Bonchev–Trinajstić information content (AvgIpc) is 1.97. The van der Waals surface area contributed by atoms with E-state index in [4.69, 9.17) is 10.1 Å². The van der Waals surface area contributed by atoms with Crippen molar-refractivity contribution in [1.29, 1.82) is 5.41 Å². The Balaban J connectivity index is 3.08. The fourth-order valence-electron chi connectivity index (χ4n) is 0.605. The van der Waals surface area contributed by atoms with Gasteiger partial charge in [-0.05, 0) is 20.5 Å². The van der Waals surface area contributed by atoms with E-state index < -0.39 is 0 Å². The predicted octanol–water partition coefficient (Wildman–Crippen LogP) is 0.536. The summed E-state index contributed by atoms with van der Waals surface area (Å²) in [7, 11) is 5.43. The second-order valence-corrected chi connectivity index (χ2v) is 2.50. The van der Waals surface area contributed by atoms with E-state index in [-0.39, 0.29) is 6.08 Å². The van der Waals surface area contributed by atoms with Gasteiger partial charge in [0.1, 0.15) is 0 Å². The summed E-state index contributed by atoms with van der Waals surface area (Å²) in [6, 6.07) is 0. The monoisotopic (exact) mass is 160 g/mol. The molecule has 0 atom stereocenters. The van der Waals surface area contributed by atoms with E-state index in [1.54, 1.807) is 0 Å². The zero-order valence-electron chi connectivity index (χ0n) is 7.39. The van der Waals surface area contributed by atoms with Crippen LogP contribution in [0.15, 0.2) is 0 Å². The summed E-state index contributed by atoms with van der Waals surface area (Å²) in [5.74, 6) is 0. The Labute approximate surface area is 67.6 Å². The minimum absolute atomic E-state index is 0.108. The molecule has 66 valence electrons. The molecule has 0 heterocycles. The summed E-state index contributed by atoms with van der Waals surface area (Å²) < 4.78 is 9.38. The molecule has 0 spiro atoms. The second-order valence-electron chi connectivity index (χ2n) is 2.50. The third-order valence-electron chi connectivity index (χ3n) is 1.17. The molecule has 0 rings (SSSR count). The third-order valence-corrected chi connectivity index (χ3v) is 1.17. The van der Waals surface area contributed by atoms with Crippen LogP contribution in [0.2, 0.25) is 0 Å². The SMILES string of the molecule is COC(=N)OCCCN(C)C. The summed E-state index contributed by atoms with van der Waals surface area (Å²) in [4.78, 5) is 2.07. The Morgan fingerprint density at radius 2 is 2.09 bits per heavy atom. The average molecular weight is 160 g/mol. The van der Waals surface area contributed by atoms with Gasteiger partial charge in [0.25, 0.3) is 0 Å². The van der Waals surface area contributed by atoms with E-state index in [1.165, 1.54) is 7.11 Å². The minimum Gasteiger partial charge on any atom is -0.454 e. The Morgan fingerprint density at radius 1 is 1.45 bits per heavy atom. The third kappa shape index (κ3) is 7.12. The van der Waals surface area contributed by atoms with E-state index in [0.717, 1.165) is 13.0 Å². The summed E-state index contributed by atoms with van der Waals surface area (Å²) in [5.41, 5.74) is 0. The zero-order valence-corrected chi connectivity index (χ0v) is 7.39. The van der Waals surface area contributed by atoms with Crippen LogP contribution < -0.4 is 0 Å². The normalized spacial score (nSPS) is 9.82. The van der Waals surface area contributed by atoms with Crippen LogP contribution in [0.4, 0.5) is 0 Å². The molecule has 0 unspecified atom stereocenters. The topological polar surface area (TPSA) is 45.6 Å². The van der Waals surface area contributed by atoms with Crippen molar-refractivity contribution >= 4 is 6.08 Å². The molecule has 4 nitrogen and oxygen atoms in total. The quantitative estimate of drug-likeness (QED) is 0.371. The molecular weight excluding hydrogens is 144 g/mol. The smallest absolute Gasteiger partial charge is 0.380 e. The Bertz CT molecular complexity index is 115. The highest BCUT2D eigenvalue weighted by Gasteiger charge is 1.94. The first-order valence-electron chi connectivity index (χ1n) is 3.57. The lowest BCUT2D eigenvalue weighted by Crippen LogP contribution is -2.16. The lowest BCUT2D eigenvalue weighted by molar-refractivity contribution is 0.183. The second kappa shape index (κ2) is 5.97. The van der Waals surface area contributed by atoms with E-state index in [2.05, 4.69) is 9.64 Å². The number of methoxy groups -OCH3 is 1. The van der Waals surface area contributed by atoms with E-state index in [1.807, 2.05) is 14.1 Å². The van der Waals surface area contributed by atoms with Gasteiger partial charge in [0, 0.05) is 6.54 Å². The number of hydrogen-bond donors (Lipinski definition) is 1. The van der Waals surface area contributed by atoms with Crippen LogP contribution in [-0.4, -0.2) is 45.3 Å². The van der Waals surface area contributed by atoms with Crippen LogP contribution in [0.3, 0.4) is 0 Å². The van der Waals surface area contributed by atoms with Crippen molar-refractivity contribution in [3.8, 4) is 0 Å². The molecule has 0 aromatic carbocycles. The highest BCUT2D eigenvalue weighted by molar-refractivity contribution is 5.62. The predicted molar refractivity (Wildman–Crippen MR) is 43.9 cm³/mol. The highest BCUT2D eigenvalue weighted by Crippen LogP contribution is 1.86. The van der Waals surface area contributed by atoms with Crippen LogP contribution in [0.5, 0.6) is 0 Å². The molecule has 0 aromatic rings. The number of nitrogens with one attached hydrogen (secondary N) is 1. The number of hydrogen-bond acceptors (Lipinski definition) is 4. The lowest BCUT2D eigenvalue weighted by Gasteiger charge is -2.09. The maximum Gasteiger partial charge on any atom is 0.380 e. The highest BCUT2D eigenvalue weighted by atomic mass is 16.7. The van der Waals surface area contributed by atoms with Crippen LogP contribution in [0.1, 0.15) is 6.42 Å². The van der Waals surface area contributed by atoms with Gasteiger partial charge in [-0.15, -0.1) is 0 Å². The van der Waals surface area contributed by atoms with E-state index in [9.17, 15) is 0 Å². The standard InChI is InChI=1S/C7H16N2O2/c1-9(2)5-4-6-11-7(8)10-3/h8H,4-6H2,1-3H3.